The number of rotatable bonds is 7. The predicted molar refractivity (Wildman–Crippen MR) is 141 cm³/mol. The number of pyridine rings is 1. The molecule has 3 heterocycles. The Kier molecular flexibility index (Phi) is 7.52. The maximum Gasteiger partial charge on any atom is 0.417 e. The third-order valence-electron chi connectivity index (χ3n) is 5.73. The highest BCUT2D eigenvalue weighted by molar-refractivity contribution is 5.86. The lowest BCUT2D eigenvalue weighted by atomic mass is 10.1. The lowest BCUT2D eigenvalue weighted by Crippen LogP contribution is -2.37. The summed E-state index contributed by atoms with van der Waals surface area (Å²) >= 11 is 0. The second-order valence-corrected chi connectivity index (χ2v) is 8.23. The minimum atomic E-state index is -0.565. The molecule has 37 heavy (non-hydrogen) atoms. The molecular formula is C28H27N5O4. The van der Waals surface area contributed by atoms with E-state index in [0.29, 0.717) is 61.6 Å². The third-order valence-corrected chi connectivity index (χ3v) is 5.73. The Morgan fingerprint density at radius 2 is 1.76 bits per heavy atom. The van der Waals surface area contributed by atoms with Gasteiger partial charge in [0.1, 0.15) is 11.4 Å². The highest BCUT2D eigenvalue weighted by Crippen LogP contribution is 2.38. The number of amides is 1. The number of benzene rings is 2. The van der Waals surface area contributed by atoms with Gasteiger partial charge >= 0.3 is 6.09 Å². The number of nitrogens with one attached hydrogen (secondary N) is 1. The number of hydrogen-bond donors (Lipinski definition) is 1. The number of morpholine rings is 1. The molecule has 2 aromatic heterocycles. The van der Waals surface area contributed by atoms with Crippen LogP contribution < -0.4 is 19.7 Å². The van der Waals surface area contributed by atoms with Gasteiger partial charge in [0.15, 0.2) is 17.4 Å². The Morgan fingerprint density at radius 3 is 2.46 bits per heavy atom. The molecule has 1 amide bonds. The first-order valence-electron chi connectivity index (χ1n) is 12.1. The number of para-hydroxylation sites is 1. The van der Waals surface area contributed by atoms with Crippen molar-refractivity contribution in [2.24, 2.45) is 0 Å². The molecule has 2 aromatic carbocycles. The number of ether oxygens (including phenoxy) is 3. The molecule has 188 valence electrons. The van der Waals surface area contributed by atoms with Crippen LogP contribution in [0.1, 0.15) is 6.92 Å². The molecule has 9 nitrogen and oxygen atoms in total. The molecular weight excluding hydrogens is 470 g/mol. The Labute approximate surface area is 215 Å². The van der Waals surface area contributed by atoms with Gasteiger partial charge < -0.3 is 19.1 Å². The zero-order chi connectivity index (χ0) is 25.5. The molecule has 0 saturated carbocycles. The first kappa shape index (κ1) is 24.2. The predicted octanol–water partition coefficient (Wildman–Crippen LogP) is 5.05. The average molecular weight is 498 g/mol. The number of aromatic nitrogens is 3. The van der Waals surface area contributed by atoms with Gasteiger partial charge in [0, 0.05) is 42.3 Å². The summed E-state index contributed by atoms with van der Waals surface area (Å²) in [4.78, 5) is 28.5. The number of carbonyl (C=O) groups excluding carboxylic acids is 1. The van der Waals surface area contributed by atoms with E-state index in [0.717, 1.165) is 16.9 Å². The van der Waals surface area contributed by atoms with Gasteiger partial charge in [-0.15, -0.1) is 0 Å². The molecule has 0 spiro atoms. The molecule has 1 fully saturated rings. The Morgan fingerprint density at radius 1 is 0.973 bits per heavy atom. The van der Waals surface area contributed by atoms with Crippen LogP contribution in [0.4, 0.5) is 16.3 Å². The standard InChI is InChI=1S/C28H27N5O4/c1-2-36-25-24(21-7-6-14-29-19-21)31-26(32-27(25)33-15-17-35-18-16-33)20-10-12-22(13-11-20)30-28(34)37-23-8-4-3-5-9-23/h3-14,19H,2,15-18H2,1H3,(H,30,34). The van der Waals surface area contributed by atoms with E-state index in [1.807, 2.05) is 37.3 Å². The van der Waals surface area contributed by atoms with Crippen molar-refractivity contribution < 1.29 is 19.0 Å². The van der Waals surface area contributed by atoms with Crippen LogP contribution in [0, 0.1) is 0 Å². The van der Waals surface area contributed by atoms with E-state index >= 15 is 0 Å². The average Bonchev–Trinajstić information content (AvgIpc) is 2.95. The maximum absolute atomic E-state index is 12.3. The summed E-state index contributed by atoms with van der Waals surface area (Å²) < 4.78 is 16.9. The summed E-state index contributed by atoms with van der Waals surface area (Å²) in [6.07, 6.45) is 2.93. The van der Waals surface area contributed by atoms with Crippen LogP contribution in [0.3, 0.4) is 0 Å². The quantitative estimate of drug-likeness (QED) is 0.379. The van der Waals surface area contributed by atoms with Gasteiger partial charge in [-0.1, -0.05) is 18.2 Å². The zero-order valence-electron chi connectivity index (χ0n) is 20.5. The fourth-order valence-electron chi connectivity index (χ4n) is 3.97. The van der Waals surface area contributed by atoms with Gasteiger partial charge in [0.05, 0.1) is 19.8 Å². The van der Waals surface area contributed by atoms with Crippen molar-refractivity contribution in [2.75, 3.05) is 43.1 Å². The number of hydrogen-bond acceptors (Lipinski definition) is 8. The second-order valence-electron chi connectivity index (χ2n) is 8.23. The molecule has 0 aliphatic carbocycles. The van der Waals surface area contributed by atoms with E-state index in [1.54, 1.807) is 48.8 Å². The van der Waals surface area contributed by atoms with Crippen LogP contribution in [0.25, 0.3) is 22.6 Å². The van der Waals surface area contributed by atoms with Crippen LogP contribution in [-0.4, -0.2) is 54.0 Å². The summed E-state index contributed by atoms with van der Waals surface area (Å²) in [6, 6.07) is 20.0. The van der Waals surface area contributed by atoms with Gasteiger partial charge in [-0.3, -0.25) is 10.3 Å². The maximum atomic E-state index is 12.3. The molecule has 4 aromatic rings. The monoisotopic (exact) mass is 497 g/mol. The van der Waals surface area contributed by atoms with Crippen LogP contribution in [-0.2, 0) is 4.74 Å². The van der Waals surface area contributed by atoms with Crippen molar-refractivity contribution >= 4 is 17.6 Å². The Bertz CT molecular complexity index is 1330. The summed E-state index contributed by atoms with van der Waals surface area (Å²) in [7, 11) is 0. The molecule has 1 saturated heterocycles. The Hall–Kier alpha value is -4.50. The van der Waals surface area contributed by atoms with Crippen molar-refractivity contribution in [3.8, 4) is 34.1 Å². The van der Waals surface area contributed by atoms with Crippen LogP contribution in [0.2, 0.25) is 0 Å². The molecule has 0 radical (unpaired) electrons. The number of nitrogens with zero attached hydrogens (tertiary/aromatic N) is 4. The zero-order valence-corrected chi connectivity index (χ0v) is 20.5. The van der Waals surface area contributed by atoms with Crippen LogP contribution >= 0.6 is 0 Å². The van der Waals surface area contributed by atoms with Gasteiger partial charge in [-0.2, -0.15) is 0 Å². The molecule has 5 rings (SSSR count). The molecule has 0 atom stereocenters. The molecule has 9 heteroatoms. The first-order valence-corrected chi connectivity index (χ1v) is 12.1. The summed E-state index contributed by atoms with van der Waals surface area (Å²) in [5.74, 6) is 2.37. The lowest BCUT2D eigenvalue weighted by molar-refractivity contribution is 0.122. The van der Waals surface area contributed by atoms with E-state index in [2.05, 4.69) is 15.2 Å². The van der Waals surface area contributed by atoms with Crippen molar-refractivity contribution in [2.45, 2.75) is 6.92 Å². The lowest BCUT2D eigenvalue weighted by Gasteiger charge is -2.30. The van der Waals surface area contributed by atoms with E-state index in [-0.39, 0.29) is 0 Å². The van der Waals surface area contributed by atoms with Crippen molar-refractivity contribution in [1.29, 1.82) is 0 Å². The summed E-state index contributed by atoms with van der Waals surface area (Å²) in [6.45, 7) is 5.06. The van der Waals surface area contributed by atoms with Crippen LogP contribution in [0.5, 0.6) is 11.5 Å². The fourth-order valence-corrected chi connectivity index (χ4v) is 3.97. The smallest absolute Gasteiger partial charge is 0.417 e. The van der Waals surface area contributed by atoms with Gasteiger partial charge in [-0.05, 0) is 55.5 Å². The molecule has 0 bridgehead atoms. The van der Waals surface area contributed by atoms with Crippen molar-refractivity contribution in [3.05, 3.63) is 79.1 Å². The number of carbonyl (C=O) groups is 1. The minimum Gasteiger partial charge on any atom is -0.488 e. The highest BCUT2D eigenvalue weighted by atomic mass is 16.6. The van der Waals surface area contributed by atoms with Crippen molar-refractivity contribution in [3.63, 3.8) is 0 Å². The number of anilines is 2. The SMILES string of the molecule is CCOc1c(-c2cccnc2)nc(-c2ccc(NC(=O)Oc3ccccc3)cc2)nc1N1CCOCC1. The normalized spacial score (nSPS) is 13.2. The van der Waals surface area contributed by atoms with E-state index < -0.39 is 6.09 Å². The van der Waals surface area contributed by atoms with Crippen LogP contribution in [0.15, 0.2) is 79.1 Å². The molecule has 1 aliphatic heterocycles. The largest absolute Gasteiger partial charge is 0.488 e. The third kappa shape index (κ3) is 5.84. The molecule has 1 aliphatic rings. The molecule has 1 N–H and O–H groups in total. The topological polar surface area (TPSA) is 98.7 Å². The van der Waals surface area contributed by atoms with Gasteiger partial charge in [0.2, 0.25) is 0 Å². The summed E-state index contributed by atoms with van der Waals surface area (Å²) in [5, 5.41) is 2.74. The highest BCUT2D eigenvalue weighted by Gasteiger charge is 2.24. The second kappa shape index (κ2) is 11.5. The Balaban J connectivity index is 1.46. The van der Waals surface area contributed by atoms with E-state index in [9.17, 15) is 4.79 Å². The fraction of sp³-hybridized carbons (Fsp3) is 0.214. The van der Waals surface area contributed by atoms with E-state index in [4.69, 9.17) is 24.2 Å². The van der Waals surface area contributed by atoms with E-state index in [1.165, 1.54) is 0 Å². The first-order chi connectivity index (χ1) is 18.2. The summed E-state index contributed by atoms with van der Waals surface area (Å²) in [5.41, 5.74) is 2.90. The van der Waals surface area contributed by atoms with Gasteiger partial charge in [0.25, 0.3) is 0 Å². The molecule has 0 unspecified atom stereocenters. The minimum absolute atomic E-state index is 0.470. The van der Waals surface area contributed by atoms with Gasteiger partial charge in [-0.25, -0.2) is 14.8 Å². The van der Waals surface area contributed by atoms with Crippen molar-refractivity contribution in [1.82, 2.24) is 15.0 Å².